The third kappa shape index (κ3) is 2.42. The summed E-state index contributed by atoms with van der Waals surface area (Å²) in [6.45, 7) is 4.23. The maximum atomic E-state index is 5.83. The van der Waals surface area contributed by atoms with Crippen molar-refractivity contribution < 1.29 is 4.42 Å². The second-order valence-corrected chi connectivity index (χ2v) is 4.24. The molecule has 17 heavy (non-hydrogen) atoms. The first-order valence-corrected chi connectivity index (χ1v) is 6.07. The number of hydrogen-bond donors (Lipinski definition) is 1. The van der Waals surface area contributed by atoms with Crippen LogP contribution in [0, 0.1) is 6.92 Å². The van der Waals surface area contributed by atoms with Crippen LogP contribution in [0.5, 0.6) is 0 Å². The lowest BCUT2D eigenvalue weighted by Crippen LogP contribution is -2.17. The molecule has 0 aliphatic carbocycles. The third-order valence-electron chi connectivity index (χ3n) is 3.10. The topological polar surface area (TPSA) is 25.2 Å². The van der Waals surface area contributed by atoms with Crippen LogP contribution in [-0.2, 0) is 6.42 Å². The first kappa shape index (κ1) is 11.9. The van der Waals surface area contributed by atoms with Gasteiger partial charge in [0.2, 0.25) is 0 Å². The predicted molar refractivity (Wildman–Crippen MR) is 70.2 cm³/mol. The highest BCUT2D eigenvalue weighted by Crippen LogP contribution is 2.26. The molecule has 0 fully saturated rings. The molecular weight excluding hydrogens is 210 g/mol. The molecule has 1 aromatic heterocycles. The fourth-order valence-electron chi connectivity index (χ4n) is 2.10. The number of aryl methyl sites for hydroxylation is 2. The fourth-order valence-corrected chi connectivity index (χ4v) is 2.10. The summed E-state index contributed by atoms with van der Waals surface area (Å²) in [6.07, 6.45) is 0.935. The summed E-state index contributed by atoms with van der Waals surface area (Å²) >= 11 is 0. The lowest BCUT2D eigenvalue weighted by molar-refractivity contribution is 0.433. The zero-order valence-corrected chi connectivity index (χ0v) is 10.7. The van der Waals surface area contributed by atoms with E-state index in [0.29, 0.717) is 0 Å². The Hall–Kier alpha value is -1.54. The molecule has 2 nitrogen and oxygen atoms in total. The zero-order chi connectivity index (χ0) is 12.3. The van der Waals surface area contributed by atoms with Gasteiger partial charge in [-0.25, -0.2) is 0 Å². The van der Waals surface area contributed by atoms with Crippen LogP contribution in [0.15, 0.2) is 40.8 Å². The van der Waals surface area contributed by atoms with E-state index in [1.807, 2.05) is 7.05 Å². The van der Waals surface area contributed by atoms with Crippen molar-refractivity contribution in [2.24, 2.45) is 0 Å². The van der Waals surface area contributed by atoms with E-state index < -0.39 is 0 Å². The minimum absolute atomic E-state index is 0.136. The number of furan rings is 1. The molecule has 0 spiro atoms. The Labute approximate surface area is 103 Å². The van der Waals surface area contributed by atoms with Crippen LogP contribution in [-0.4, -0.2) is 7.05 Å². The minimum Gasteiger partial charge on any atom is -0.464 e. The van der Waals surface area contributed by atoms with E-state index >= 15 is 0 Å². The highest BCUT2D eigenvalue weighted by Gasteiger charge is 2.17. The van der Waals surface area contributed by atoms with Gasteiger partial charge in [0, 0.05) is 6.42 Å². The van der Waals surface area contributed by atoms with E-state index in [1.54, 1.807) is 0 Å². The Balaban J connectivity index is 2.36. The first-order valence-electron chi connectivity index (χ1n) is 6.07. The molecule has 0 saturated heterocycles. The SMILES string of the molecule is CCc1ccc(C(NC)c2ccccc2C)o1. The molecule has 2 aromatic rings. The highest BCUT2D eigenvalue weighted by molar-refractivity contribution is 5.33. The standard InChI is InChI=1S/C15H19NO/c1-4-12-9-10-14(17-12)15(16-3)13-8-6-5-7-11(13)2/h5-10,15-16H,4H2,1-3H3. The van der Waals surface area contributed by atoms with Crippen molar-refractivity contribution in [3.8, 4) is 0 Å². The predicted octanol–water partition coefficient (Wildman–Crippen LogP) is 3.46. The fraction of sp³-hybridized carbons (Fsp3) is 0.333. The Kier molecular flexibility index (Phi) is 3.64. The van der Waals surface area contributed by atoms with Gasteiger partial charge in [0.15, 0.2) is 0 Å². The summed E-state index contributed by atoms with van der Waals surface area (Å²) in [5, 5.41) is 3.32. The van der Waals surface area contributed by atoms with Gasteiger partial charge in [-0.2, -0.15) is 0 Å². The molecule has 1 aromatic carbocycles. The minimum atomic E-state index is 0.136. The smallest absolute Gasteiger partial charge is 0.125 e. The maximum Gasteiger partial charge on any atom is 0.125 e. The van der Waals surface area contributed by atoms with Crippen LogP contribution in [0.25, 0.3) is 0 Å². The van der Waals surface area contributed by atoms with Gasteiger partial charge >= 0.3 is 0 Å². The lowest BCUT2D eigenvalue weighted by atomic mass is 10.00. The molecule has 2 rings (SSSR count). The van der Waals surface area contributed by atoms with Gasteiger partial charge in [-0.1, -0.05) is 31.2 Å². The van der Waals surface area contributed by atoms with Crippen molar-refractivity contribution in [2.75, 3.05) is 7.05 Å². The molecule has 0 radical (unpaired) electrons. The van der Waals surface area contributed by atoms with Crippen LogP contribution in [0.1, 0.15) is 35.6 Å². The molecule has 90 valence electrons. The van der Waals surface area contributed by atoms with E-state index in [1.165, 1.54) is 11.1 Å². The molecule has 0 amide bonds. The molecule has 1 N–H and O–H groups in total. The molecule has 1 heterocycles. The molecule has 1 unspecified atom stereocenters. The van der Waals surface area contributed by atoms with Crippen molar-refractivity contribution in [1.82, 2.24) is 5.32 Å². The molecule has 0 saturated carbocycles. The molecule has 0 aliphatic heterocycles. The quantitative estimate of drug-likeness (QED) is 0.868. The van der Waals surface area contributed by atoms with E-state index in [0.717, 1.165) is 17.9 Å². The Morgan fingerprint density at radius 1 is 1.18 bits per heavy atom. The lowest BCUT2D eigenvalue weighted by Gasteiger charge is -2.16. The Morgan fingerprint density at radius 2 is 1.94 bits per heavy atom. The Morgan fingerprint density at radius 3 is 2.53 bits per heavy atom. The second-order valence-electron chi connectivity index (χ2n) is 4.24. The zero-order valence-electron chi connectivity index (χ0n) is 10.7. The number of nitrogens with one attached hydrogen (secondary N) is 1. The Bertz CT molecular complexity index is 487. The van der Waals surface area contributed by atoms with Crippen molar-refractivity contribution in [1.29, 1.82) is 0 Å². The molecule has 0 aliphatic rings. The molecule has 1 atom stereocenters. The second kappa shape index (κ2) is 5.19. The average molecular weight is 229 g/mol. The molecule has 0 bridgehead atoms. The van der Waals surface area contributed by atoms with Gasteiger partial charge in [-0.05, 0) is 37.2 Å². The summed E-state index contributed by atoms with van der Waals surface area (Å²) < 4.78 is 5.83. The van der Waals surface area contributed by atoms with Crippen LogP contribution < -0.4 is 5.32 Å². The summed E-state index contributed by atoms with van der Waals surface area (Å²) in [6, 6.07) is 12.6. The molecule has 2 heteroatoms. The summed E-state index contributed by atoms with van der Waals surface area (Å²) in [4.78, 5) is 0. The van der Waals surface area contributed by atoms with Crippen LogP contribution in [0.2, 0.25) is 0 Å². The van der Waals surface area contributed by atoms with Crippen molar-refractivity contribution in [3.63, 3.8) is 0 Å². The van der Waals surface area contributed by atoms with Crippen molar-refractivity contribution in [2.45, 2.75) is 26.3 Å². The van der Waals surface area contributed by atoms with Crippen molar-refractivity contribution >= 4 is 0 Å². The van der Waals surface area contributed by atoms with Gasteiger partial charge in [0.05, 0.1) is 6.04 Å². The van der Waals surface area contributed by atoms with E-state index in [2.05, 4.69) is 55.6 Å². The van der Waals surface area contributed by atoms with Crippen LogP contribution >= 0.6 is 0 Å². The van der Waals surface area contributed by atoms with Gasteiger partial charge in [0.1, 0.15) is 11.5 Å². The van der Waals surface area contributed by atoms with Crippen molar-refractivity contribution in [3.05, 3.63) is 59.0 Å². The summed E-state index contributed by atoms with van der Waals surface area (Å²) in [5.74, 6) is 2.02. The van der Waals surface area contributed by atoms with E-state index in [4.69, 9.17) is 4.42 Å². The largest absolute Gasteiger partial charge is 0.464 e. The number of rotatable bonds is 4. The van der Waals surface area contributed by atoms with Gasteiger partial charge in [-0.3, -0.25) is 0 Å². The molecular formula is C15H19NO. The summed E-state index contributed by atoms with van der Waals surface area (Å²) in [7, 11) is 1.96. The van der Waals surface area contributed by atoms with Gasteiger partial charge < -0.3 is 9.73 Å². The van der Waals surface area contributed by atoms with E-state index in [-0.39, 0.29) is 6.04 Å². The van der Waals surface area contributed by atoms with Gasteiger partial charge in [0.25, 0.3) is 0 Å². The normalized spacial score (nSPS) is 12.6. The average Bonchev–Trinajstić information content (AvgIpc) is 2.81. The maximum absolute atomic E-state index is 5.83. The number of benzene rings is 1. The third-order valence-corrected chi connectivity index (χ3v) is 3.10. The van der Waals surface area contributed by atoms with Gasteiger partial charge in [-0.15, -0.1) is 0 Å². The first-order chi connectivity index (χ1) is 8.26. The van der Waals surface area contributed by atoms with Crippen LogP contribution in [0.4, 0.5) is 0 Å². The van der Waals surface area contributed by atoms with Crippen LogP contribution in [0.3, 0.4) is 0 Å². The van der Waals surface area contributed by atoms with E-state index in [9.17, 15) is 0 Å². The highest BCUT2D eigenvalue weighted by atomic mass is 16.3. The monoisotopic (exact) mass is 229 g/mol. The summed E-state index contributed by atoms with van der Waals surface area (Å²) in [5.41, 5.74) is 2.55. The number of hydrogen-bond acceptors (Lipinski definition) is 2.